The van der Waals surface area contributed by atoms with Crippen LogP contribution in [0.5, 0.6) is 0 Å². The van der Waals surface area contributed by atoms with E-state index in [0.29, 0.717) is 6.61 Å². The van der Waals surface area contributed by atoms with Crippen LogP contribution in [0.1, 0.15) is 6.92 Å². The third kappa shape index (κ3) is 5.49. The molecule has 0 fully saturated rings. The van der Waals surface area contributed by atoms with Gasteiger partial charge in [0.1, 0.15) is 24.4 Å². The van der Waals surface area contributed by atoms with Crippen molar-refractivity contribution in [2.75, 3.05) is 13.2 Å². The van der Waals surface area contributed by atoms with E-state index in [9.17, 15) is 4.79 Å². The van der Waals surface area contributed by atoms with E-state index in [4.69, 9.17) is 10.00 Å². The molecule has 0 unspecified atom stereocenters. The van der Waals surface area contributed by atoms with E-state index in [2.05, 4.69) is 23.3 Å². The molecule has 0 heterocycles. The lowest BCUT2D eigenvalue weighted by atomic mass is 10.3. The average Bonchev–Trinajstić information content (AvgIpc) is 2.16. The lowest BCUT2D eigenvalue weighted by Crippen LogP contribution is -2.01. The van der Waals surface area contributed by atoms with Crippen molar-refractivity contribution in [3.05, 3.63) is 12.2 Å². The highest BCUT2D eigenvalue weighted by Crippen LogP contribution is 1.89. The van der Waals surface area contributed by atoms with Crippen molar-refractivity contribution in [1.29, 1.82) is 5.26 Å². The van der Waals surface area contributed by atoms with Crippen molar-refractivity contribution in [3.63, 3.8) is 0 Å². The molecule has 0 aromatic heterocycles. The van der Waals surface area contributed by atoms with E-state index < -0.39 is 5.97 Å². The van der Waals surface area contributed by atoms with Crippen LogP contribution in [0.2, 0.25) is 0 Å². The lowest BCUT2D eigenvalue weighted by Gasteiger charge is -1.90. The quantitative estimate of drug-likeness (QED) is 0.209. The topological polar surface area (TPSA) is 59.3 Å². The number of ether oxygens (including phenoxy) is 2. The maximum Gasteiger partial charge on any atom is 0.362 e. The Bertz CT molecular complexity index is 290. The Balaban J connectivity index is 3.75. The summed E-state index contributed by atoms with van der Waals surface area (Å²) >= 11 is 0. The van der Waals surface area contributed by atoms with E-state index in [-0.39, 0.29) is 12.2 Å². The zero-order valence-corrected chi connectivity index (χ0v) is 7.29. The standard InChI is InChI=1S/C9H9NO3/c1-3-12-5-4-6-13-9(11)8(2)7-10/h2-3,5H2,1H3. The minimum absolute atomic E-state index is 0.197. The maximum atomic E-state index is 10.7. The van der Waals surface area contributed by atoms with Gasteiger partial charge < -0.3 is 9.47 Å². The molecule has 0 aromatic carbocycles. The van der Waals surface area contributed by atoms with E-state index >= 15 is 0 Å². The molecular weight excluding hydrogens is 170 g/mol. The molecule has 0 rings (SSSR count). The van der Waals surface area contributed by atoms with E-state index in [1.165, 1.54) is 0 Å². The van der Waals surface area contributed by atoms with Crippen molar-refractivity contribution >= 4 is 5.97 Å². The Morgan fingerprint density at radius 3 is 2.85 bits per heavy atom. The Kier molecular flexibility index (Phi) is 5.96. The number of nitrogens with zero attached hydrogens (tertiary/aromatic N) is 1. The summed E-state index contributed by atoms with van der Waals surface area (Å²) in [7, 11) is 0. The fourth-order valence-corrected chi connectivity index (χ4v) is 0.372. The third-order valence-corrected chi connectivity index (χ3v) is 0.976. The summed E-state index contributed by atoms with van der Waals surface area (Å²) in [5.41, 5.74) is -0.272. The van der Waals surface area contributed by atoms with Crippen LogP contribution in [-0.2, 0) is 14.3 Å². The van der Waals surface area contributed by atoms with Gasteiger partial charge in [-0.25, -0.2) is 4.79 Å². The molecule has 0 aliphatic rings. The predicted molar refractivity (Wildman–Crippen MR) is 45.1 cm³/mol. The second-order valence-corrected chi connectivity index (χ2v) is 1.90. The van der Waals surface area contributed by atoms with Crippen molar-refractivity contribution < 1.29 is 14.3 Å². The molecule has 0 atom stereocenters. The Morgan fingerprint density at radius 2 is 2.31 bits per heavy atom. The van der Waals surface area contributed by atoms with Gasteiger partial charge in [0, 0.05) is 6.61 Å². The predicted octanol–water partition coefficient (Wildman–Crippen LogP) is 0.607. The van der Waals surface area contributed by atoms with Crippen molar-refractivity contribution in [3.8, 4) is 18.1 Å². The molecule has 0 aromatic rings. The molecule has 0 aliphatic carbocycles. The fourth-order valence-electron chi connectivity index (χ4n) is 0.372. The molecule has 4 heteroatoms. The number of esters is 1. The van der Waals surface area contributed by atoms with E-state index in [0.717, 1.165) is 0 Å². The molecule has 4 nitrogen and oxygen atoms in total. The Morgan fingerprint density at radius 1 is 1.62 bits per heavy atom. The van der Waals surface area contributed by atoms with Gasteiger partial charge in [0.2, 0.25) is 0 Å². The SMILES string of the molecule is C=C(C#N)C(=O)OC#CCOCC. The Hall–Kier alpha value is -1.78. The van der Waals surface area contributed by atoms with Crippen LogP contribution in [0.3, 0.4) is 0 Å². The molecule has 68 valence electrons. The monoisotopic (exact) mass is 179 g/mol. The number of hydrogen-bond donors (Lipinski definition) is 0. The summed E-state index contributed by atoms with van der Waals surface area (Å²) in [6.45, 7) is 5.72. The van der Waals surface area contributed by atoms with Gasteiger partial charge in [-0.15, -0.1) is 0 Å². The molecule has 0 bridgehead atoms. The van der Waals surface area contributed by atoms with Crippen LogP contribution in [0.15, 0.2) is 12.2 Å². The molecule has 0 amide bonds. The van der Waals surface area contributed by atoms with Crippen LogP contribution in [-0.4, -0.2) is 19.2 Å². The highest BCUT2D eigenvalue weighted by atomic mass is 16.5. The van der Waals surface area contributed by atoms with Crippen molar-refractivity contribution in [2.24, 2.45) is 0 Å². The molecule has 0 N–H and O–H groups in total. The summed E-state index contributed by atoms with van der Waals surface area (Å²) in [5, 5.41) is 8.22. The summed E-state index contributed by atoms with van der Waals surface area (Å²) in [5.74, 6) is 1.60. The summed E-state index contributed by atoms with van der Waals surface area (Å²) in [4.78, 5) is 10.7. The molecule has 0 saturated carbocycles. The van der Waals surface area contributed by atoms with Gasteiger partial charge in [-0.05, 0) is 12.8 Å². The largest absolute Gasteiger partial charge is 0.369 e. The van der Waals surface area contributed by atoms with Crippen LogP contribution in [0.4, 0.5) is 0 Å². The zero-order chi connectivity index (χ0) is 10.1. The van der Waals surface area contributed by atoms with Crippen LogP contribution >= 0.6 is 0 Å². The summed E-state index contributed by atoms with van der Waals surface area (Å²) in [6.07, 6.45) is 2.10. The van der Waals surface area contributed by atoms with Gasteiger partial charge in [0.25, 0.3) is 0 Å². The van der Waals surface area contributed by atoms with Crippen LogP contribution < -0.4 is 0 Å². The first-order valence-electron chi connectivity index (χ1n) is 3.58. The van der Waals surface area contributed by atoms with E-state index in [1.54, 1.807) is 6.07 Å². The van der Waals surface area contributed by atoms with Gasteiger partial charge in [-0.3, -0.25) is 0 Å². The molecule has 13 heavy (non-hydrogen) atoms. The normalized spacial score (nSPS) is 7.69. The maximum absolute atomic E-state index is 10.7. The number of rotatable bonds is 3. The van der Waals surface area contributed by atoms with Gasteiger partial charge in [-0.1, -0.05) is 6.58 Å². The highest BCUT2D eigenvalue weighted by Gasteiger charge is 2.04. The highest BCUT2D eigenvalue weighted by molar-refractivity contribution is 5.92. The third-order valence-electron chi connectivity index (χ3n) is 0.976. The summed E-state index contributed by atoms with van der Waals surface area (Å²) < 4.78 is 9.19. The van der Waals surface area contributed by atoms with Crippen LogP contribution in [0, 0.1) is 23.4 Å². The lowest BCUT2D eigenvalue weighted by molar-refractivity contribution is -0.131. The molecule has 0 aliphatic heterocycles. The van der Waals surface area contributed by atoms with Gasteiger partial charge in [0.05, 0.1) is 0 Å². The minimum atomic E-state index is -0.827. The average molecular weight is 179 g/mol. The molecule has 0 radical (unpaired) electrons. The van der Waals surface area contributed by atoms with Crippen molar-refractivity contribution in [1.82, 2.24) is 0 Å². The molecule has 0 saturated heterocycles. The first-order chi connectivity index (χ1) is 6.22. The number of carbonyl (C=O) groups excluding carboxylic acids is 1. The van der Waals surface area contributed by atoms with Crippen LogP contribution in [0.25, 0.3) is 0 Å². The summed E-state index contributed by atoms with van der Waals surface area (Å²) in [6, 6.07) is 1.55. The Labute approximate surface area is 76.7 Å². The molecule has 0 spiro atoms. The second-order valence-electron chi connectivity index (χ2n) is 1.90. The zero-order valence-electron chi connectivity index (χ0n) is 7.29. The number of nitriles is 1. The first kappa shape index (κ1) is 11.2. The van der Waals surface area contributed by atoms with Crippen molar-refractivity contribution in [2.45, 2.75) is 6.92 Å². The van der Waals surface area contributed by atoms with Gasteiger partial charge in [-0.2, -0.15) is 5.26 Å². The molecular formula is C9H9NO3. The van der Waals surface area contributed by atoms with Gasteiger partial charge >= 0.3 is 5.97 Å². The number of hydrogen-bond acceptors (Lipinski definition) is 4. The van der Waals surface area contributed by atoms with Gasteiger partial charge in [0.15, 0.2) is 0 Å². The fraction of sp³-hybridized carbons (Fsp3) is 0.333. The first-order valence-corrected chi connectivity index (χ1v) is 3.58. The number of carbonyl (C=O) groups is 1. The van der Waals surface area contributed by atoms with E-state index in [1.807, 2.05) is 6.92 Å². The smallest absolute Gasteiger partial charge is 0.362 e. The second kappa shape index (κ2) is 6.90. The minimum Gasteiger partial charge on any atom is -0.369 e.